The molecular formula is C27H32N4O4. The first-order valence-corrected chi connectivity index (χ1v) is 12.5. The third-order valence-electron chi connectivity index (χ3n) is 7.42. The van der Waals surface area contributed by atoms with E-state index in [9.17, 15) is 14.4 Å². The van der Waals surface area contributed by atoms with E-state index in [-0.39, 0.29) is 18.0 Å². The molecule has 0 radical (unpaired) electrons. The van der Waals surface area contributed by atoms with Gasteiger partial charge in [-0.25, -0.2) is 4.79 Å². The van der Waals surface area contributed by atoms with Crippen LogP contribution in [0, 0.1) is 0 Å². The molecule has 0 spiro atoms. The second-order valence-electron chi connectivity index (χ2n) is 9.55. The number of benzene rings is 2. The van der Waals surface area contributed by atoms with Crippen LogP contribution in [0.25, 0.3) is 10.9 Å². The molecule has 3 aromatic rings. The zero-order chi connectivity index (χ0) is 24.4. The number of piperazine rings is 1. The van der Waals surface area contributed by atoms with Crippen LogP contribution in [0.2, 0.25) is 0 Å². The highest BCUT2D eigenvalue weighted by atomic mass is 16.5. The standard InChI is InChI=1S/C27H32N4O4/c1-35-22-10-7-19(8-11-22)18-31-26(33)23-12-9-20(17-24(23)28-27(31)34)25(32)30-15-13-29(14-16-30)21-5-3-2-4-6-21/h7-12,17,21H,2-6,13-16,18H2,1H3,(H,28,34). The number of carbonyl (C=O) groups is 1. The van der Waals surface area contributed by atoms with Gasteiger partial charge in [0.05, 0.1) is 24.6 Å². The Morgan fingerprint density at radius 1 is 0.971 bits per heavy atom. The number of rotatable bonds is 5. The molecule has 1 saturated heterocycles. The lowest BCUT2D eigenvalue weighted by Gasteiger charge is -2.40. The fraction of sp³-hybridized carbons (Fsp3) is 0.444. The molecule has 1 aliphatic heterocycles. The molecule has 8 heteroatoms. The Balaban J connectivity index is 1.32. The van der Waals surface area contributed by atoms with E-state index < -0.39 is 5.69 Å². The molecule has 1 aromatic heterocycles. The molecule has 0 bridgehead atoms. The molecule has 2 heterocycles. The minimum Gasteiger partial charge on any atom is -0.497 e. The van der Waals surface area contributed by atoms with Crippen LogP contribution in [0.5, 0.6) is 5.75 Å². The lowest BCUT2D eigenvalue weighted by atomic mass is 9.94. The highest BCUT2D eigenvalue weighted by molar-refractivity contribution is 5.97. The molecule has 1 amide bonds. The maximum atomic E-state index is 13.2. The Hall–Kier alpha value is -3.39. The Morgan fingerprint density at radius 3 is 2.37 bits per heavy atom. The van der Waals surface area contributed by atoms with Crippen molar-refractivity contribution >= 4 is 16.8 Å². The lowest BCUT2D eigenvalue weighted by Crippen LogP contribution is -2.52. The number of hydrogen-bond donors (Lipinski definition) is 1. The maximum absolute atomic E-state index is 13.2. The van der Waals surface area contributed by atoms with Crippen molar-refractivity contribution in [3.05, 3.63) is 74.4 Å². The molecular weight excluding hydrogens is 444 g/mol. The number of aromatic nitrogens is 2. The summed E-state index contributed by atoms with van der Waals surface area (Å²) in [7, 11) is 1.59. The minimum absolute atomic E-state index is 0.0570. The molecule has 8 nitrogen and oxygen atoms in total. The number of carbonyl (C=O) groups excluding carboxylic acids is 1. The van der Waals surface area contributed by atoms with Crippen LogP contribution in [0.4, 0.5) is 0 Å². The first kappa shape index (κ1) is 23.4. The summed E-state index contributed by atoms with van der Waals surface area (Å²) in [6.45, 7) is 3.36. The lowest BCUT2D eigenvalue weighted by molar-refractivity contribution is 0.0523. The van der Waals surface area contributed by atoms with Crippen molar-refractivity contribution in [1.82, 2.24) is 19.4 Å². The molecule has 0 unspecified atom stereocenters. The van der Waals surface area contributed by atoms with Gasteiger partial charge >= 0.3 is 5.69 Å². The van der Waals surface area contributed by atoms with Gasteiger partial charge in [0.2, 0.25) is 0 Å². The Morgan fingerprint density at radius 2 is 1.69 bits per heavy atom. The van der Waals surface area contributed by atoms with Gasteiger partial charge in [-0.1, -0.05) is 31.4 Å². The maximum Gasteiger partial charge on any atom is 0.329 e. The van der Waals surface area contributed by atoms with Gasteiger partial charge in [-0.3, -0.25) is 19.1 Å². The molecule has 1 aliphatic carbocycles. The van der Waals surface area contributed by atoms with Crippen LogP contribution in [-0.4, -0.2) is 64.6 Å². The van der Waals surface area contributed by atoms with Crippen LogP contribution in [0.15, 0.2) is 52.1 Å². The van der Waals surface area contributed by atoms with Crippen molar-refractivity contribution in [3.8, 4) is 5.75 Å². The van der Waals surface area contributed by atoms with Crippen LogP contribution in [-0.2, 0) is 6.54 Å². The topological polar surface area (TPSA) is 87.6 Å². The number of nitrogens with one attached hydrogen (secondary N) is 1. The van der Waals surface area contributed by atoms with Crippen LogP contribution < -0.4 is 16.0 Å². The van der Waals surface area contributed by atoms with E-state index in [1.54, 1.807) is 37.4 Å². The predicted octanol–water partition coefficient (Wildman–Crippen LogP) is 2.84. The average molecular weight is 477 g/mol. The number of aromatic amines is 1. The van der Waals surface area contributed by atoms with E-state index in [1.807, 2.05) is 17.0 Å². The Bertz CT molecular complexity index is 1310. The first-order chi connectivity index (χ1) is 17.0. The number of hydrogen-bond acceptors (Lipinski definition) is 5. The van der Waals surface area contributed by atoms with Gasteiger partial charge < -0.3 is 14.6 Å². The number of amides is 1. The van der Waals surface area contributed by atoms with Crippen molar-refractivity contribution in [2.24, 2.45) is 0 Å². The fourth-order valence-corrected chi connectivity index (χ4v) is 5.36. The van der Waals surface area contributed by atoms with Crippen molar-refractivity contribution < 1.29 is 9.53 Å². The monoisotopic (exact) mass is 476 g/mol. The quantitative estimate of drug-likeness (QED) is 0.612. The summed E-state index contributed by atoms with van der Waals surface area (Å²) in [4.78, 5) is 46.2. The second-order valence-corrected chi connectivity index (χ2v) is 9.55. The molecule has 35 heavy (non-hydrogen) atoms. The molecule has 1 saturated carbocycles. The van der Waals surface area contributed by atoms with E-state index in [0.29, 0.717) is 41.3 Å². The summed E-state index contributed by atoms with van der Waals surface area (Å²) in [5, 5.41) is 0.386. The highest BCUT2D eigenvalue weighted by Crippen LogP contribution is 2.24. The van der Waals surface area contributed by atoms with Crippen LogP contribution in [0.1, 0.15) is 48.0 Å². The average Bonchev–Trinajstić information content (AvgIpc) is 2.91. The smallest absolute Gasteiger partial charge is 0.329 e. The number of ether oxygens (including phenoxy) is 1. The Kier molecular flexibility index (Phi) is 6.72. The first-order valence-electron chi connectivity index (χ1n) is 12.5. The molecule has 5 rings (SSSR count). The van der Waals surface area contributed by atoms with Gasteiger partial charge in [-0.15, -0.1) is 0 Å². The van der Waals surface area contributed by atoms with Gasteiger partial charge in [0.25, 0.3) is 11.5 Å². The zero-order valence-electron chi connectivity index (χ0n) is 20.2. The van der Waals surface area contributed by atoms with E-state index in [4.69, 9.17) is 4.74 Å². The number of H-pyrrole nitrogens is 1. The minimum atomic E-state index is -0.496. The zero-order valence-corrected chi connectivity index (χ0v) is 20.2. The number of fused-ring (bicyclic) bond motifs is 1. The van der Waals surface area contributed by atoms with E-state index in [1.165, 1.54) is 36.7 Å². The van der Waals surface area contributed by atoms with Crippen LogP contribution in [0.3, 0.4) is 0 Å². The molecule has 1 N–H and O–H groups in total. The van der Waals surface area contributed by atoms with Crippen molar-refractivity contribution in [1.29, 1.82) is 0 Å². The van der Waals surface area contributed by atoms with Crippen LogP contribution >= 0.6 is 0 Å². The third kappa shape index (κ3) is 4.89. The van der Waals surface area contributed by atoms with Gasteiger partial charge in [0.15, 0.2) is 0 Å². The summed E-state index contributed by atoms with van der Waals surface area (Å²) in [6.07, 6.45) is 6.48. The molecule has 184 valence electrons. The molecule has 2 aliphatic rings. The van der Waals surface area contributed by atoms with Crippen molar-refractivity contribution in [2.75, 3.05) is 33.3 Å². The highest BCUT2D eigenvalue weighted by Gasteiger charge is 2.27. The van der Waals surface area contributed by atoms with Gasteiger partial charge in [-0.2, -0.15) is 0 Å². The fourth-order valence-electron chi connectivity index (χ4n) is 5.36. The van der Waals surface area contributed by atoms with Gasteiger partial charge in [-0.05, 0) is 48.7 Å². The van der Waals surface area contributed by atoms with E-state index in [2.05, 4.69) is 9.88 Å². The van der Waals surface area contributed by atoms with Crippen molar-refractivity contribution in [2.45, 2.75) is 44.7 Å². The number of nitrogens with zero attached hydrogens (tertiary/aromatic N) is 3. The third-order valence-corrected chi connectivity index (χ3v) is 7.42. The largest absolute Gasteiger partial charge is 0.497 e. The summed E-state index contributed by atoms with van der Waals surface area (Å²) in [6, 6.07) is 12.9. The predicted molar refractivity (Wildman–Crippen MR) is 135 cm³/mol. The number of methoxy groups -OCH3 is 1. The van der Waals surface area contributed by atoms with Gasteiger partial charge in [0, 0.05) is 37.8 Å². The SMILES string of the molecule is COc1ccc(Cn2c(=O)[nH]c3cc(C(=O)N4CCN(C5CCCCC5)CC4)ccc3c2=O)cc1. The summed E-state index contributed by atoms with van der Waals surface area (Å²) in [5.74, 6) is 0.652. The summed E-state index contributed by atoms with van der Waals surface area (Å²) < 4.78 is 6.34. The summed E-state index contributed by atoms with van der Waals surface area (Å²) in [5.41, 5.74) is 0.824. The normalized spacial score (nSPS) is 17.6. The van der Waals surface area contributed by atoms with Crippen molar-refractivity contribution in [3.63, 3.8) is 0 Å². The molecule has 0 atom stereocenters. The van der Waals surface area contributed by atoms with E-state index in [0.717, 1.165) is 18.7 Å². The molecule has 2 fully saturated rings. The second kappa shape index (κ2) is 10.1. The van der Waals surface area contributed by atoms with Gasteiger partial charge in [0.1, 0.15) is 5.75 Å². The summed E-state index contributed by atoms with van der Waals surface area (Å²) >= 11 is 0. The van der Waals surface area contributed by atoms with E-state index >= 15 is 0 Å². The Labute approximate surface area is 204 Å². The molecule has 2 aromatic carbocycles.